The molecule has 0 atom stereocenters. The third-order valence-electron chi connectivity index (χ3n) is 3.93. The number of carboxylic acids is 1. The summed E-state index contributed by atoms with van der Waals surface area (Å²) in [4.78, 5) is 25.4. The van der Waals surface area contributed by atoms with E-state index in [4.69, 9.17) is 9.84 Å². The zero-order valence-corrected chi connectivity index (χ0v) is 15.4. The van der Waals surface area contributed by atoms with Gasteiger partial charge in [-0.25, -0.2) is 0 Å². The van der Waals surface area contributed by atoms with Gasteiger partial charge in [0.1, 0.15) is 12.4 Å². The van der Waals surface area contributed by atoms with Crippen LogP contribution in [0.3, 0.4) is 0 Å². The van der Waals surface area contributed by atoms with Gasteiger partial charge in [0.15, 0.2) is 0 Å². The van der Waals surface area contributed by atoms with Crippen LogP contribution in [0.4, 0.5) is 0 Å². The van der Waals surface area contributed by atoms with Gasteiger partial charge in [-0.2, -0.15) is 0 Å². The molecule has 1 N–H and O–H groups in total. The first-order chi connectivity index (χ1) is 12.3. The van der Waals surface area contributed by atoms with Crippen LogP contribution < -0.4 is 4.74 Å². The Morgan fingerprint density at radius 2 is 1.73 bits per heavy atom. The predicted octanol–water partition coefficient (Wildman–Crippen LogP) is 3.98. The van der Waals surface area contributed by atoms with E-state index in [0.29, 0.717) is 17.9 Å². The van der Waals surface area contributed by atoms with Gasteiger partial charge in [0, 0.05) is 17.6 Å². The predicted molar refractivity (Wildman–Crippen MR) is 100 cm³/mol. The Hall–Kier alpha value is -2.82. The topological polar surface area (TPSA) is 66.8 Å². The summed E-state index contributed by atoms with van der Waals surface area (Å²) in [6.07, 6.45) is -0.0901. The average Bonchev–Trinajstić information content (AvgIpc) is 2.59. The number of carboxylic acid groups (broad SMARTS) is 1. The van der Waals surface area contributed by atoms with Gasteiger partial charge < -0.3 is 14.7 Å². The van der Waals surface area contributed by atoms with Crippen LogP contribution in [0.2, 0.25) is 0 Å². The van der Waals surface area contributed by atoms with Crippen LogP contribution in [0.1, 0.15) is 43.1 Å². The van der Waals surface area contributed by atoms with Gasteiger partial charge in [0.25, 0.3) is 5.91 Å². The van der Waals surface area contributed by atoms with Crippen molar-refractivity contribution in [1.29, 1.82) is 0 Å². The quantitative estimate of drug-likeness (QED) is 0.816. The van der Waals surface area contributed by atoms with Crippen molar-refractivity contribution < 1.29 is 19.4 Å². The zero-order valence-electron chi connectivity index (χ0n) is 15.4. The van der Waals surface area contributed by atoms with Gasteiger partial charge >= 0.3 is 5.97 Å². The second-order valence-corrected chi connectivity index (χ2v) is 7.07. The van der Waals surface area contributed by atoms with Gasteiger partial charge in [0.05, 0.1) is 6.42 Å². The standard InChI is InChI=1S/C21H25NO4/c1-21(2,3)22(13-12-19(23)24)20(25)17-10-7-11-18(14-17)26-15-16-8-5-4-6-9-16/h4-11,14H,12-13,15H2,1-3H3,(H,23,24). The highest BCUT2D eigenvalue weighted by molar-refractivity contribution is 5.95. The number of hydrogen-bond donors (Lipinski definition) is 1. The Labute approximate surface area is 154 Å². The molecule has 0 spiro atoms. The van der Waals surface area contributed by atoms with Crippen molar-refractivity contribution in [3.8, 4) is 5.75 Å². The molecule has 5 heteroatoms. The van der Waals surface area contributed by atoms with Crippen molar-refractivity contribution >= 4 is 11.9 Å². The number of benzene rings is 2. The maximum Gasteiger partial charge on any atom is 0.305 e. The van der Waals surface area contributed by atoms with E-state index in [-0.39, 0.29) is 18.9 Å². The van der Waals surface area contributed by atoms with Crippen LogP contribution in [-0.4, -0.2) is 34.0 Å². The second kappa shape index (κ2) is 8.52. The Morgan fingerprint density at radius 3 is 2.35 bits per heavy atom. The summed E-state index contributed by atoms with van der Waals surface area (Å²) in [7, 11) is 0. The minimum Gasteiger partial charge on any atom is -0.489 e. The maximum atomic E-state index is 12.9. The molecule has 26 heavy (non-hydrogen) atoms. The largest absolute Gasteiger partial charge is 0.489 e. The number of ether oxygens (including phenoxy) is 1. The smallest absolute Gasteiger partial charge is 0.305 e. The summed E-state index contributed by atoms with van der Waals surface area (Å²) in [5.74, 6) is -0.525. The van der Waals surface area contributed by atoms with Crippen LogP contribution in [-0.2, 0) is 11.4 Å². The van der Waals surface area contributed by atoms with E-state index in [1.165, 1.54) is 0 Å². The molecule has 5 nitrogen and oxygen atoms in total. The lowest BCUT2D eigenvalue weighted by atomic mass is 10.0. The van der Waals surface area contributed by atoms with E-state index >= 15 is 0 Å². The Balaban J connectivity index is 2.13. The number of aliphatic carboxylic acids is 1. The minimum atomic E-state index is -0.924. The zero-order chi connectivity index (χ0) is 19.2. The van der Waals surface area contributed by atoms with Crippen LogP contribution >= 0.6 is 0 Å². The fourth-order valence-electron chi connectivity index (χ4n) is 2.56. The van der Waals surface area contributed by atoms with E-state index < -0.39 is 11.5 Å². The molecule has 0 saturated heterocycles. The third kappa shape index (κ3) is 5.62. The summed E-state index contributed by atoms with van der Waals surface area (Å²) in [6, 6.07) is 16.8. The normalized spacial score (nSPS) is 11.0. The third-order valence-corrected chi connectivity index (χ3v) is 3.93. The molecular weight excluding hydrogens is 330 g/mol. The highest BCUT2D eigenvalue weighted by Crippen LogP contribution is 2.21. The molecule has 2 rings (SSSR count). The fourth-order valence-corrected chi connectivity index (χ4v) is 2.56. The number of nitrogens with zero attached hydrogens (tertiary/aromatic N) is 1. The first-order valence-electron chi connectivity index (χ1n) is 8.58. The molecule has 0 aliphatic heterocycles. The molecule has 0 aliphatic carbocycles. The molecule has 138 valence electrons. The highest BCUT2D eigenvalue weighted by atomic mass is 16.5. The Bertz CT molecular complexity index is 750. The van der Waals surface area contributed by atoms with Crippen LogP contribution in [0.15, 0.2) is 54.6 Å². The van der Waals surface area contributed by atoms with Gasteiger partial charge in [-0.1, -0.05) is 36.4 Å². The van der Waals surface area contributed by atoms with E-state index in [1.54, 1.807) is 29.2 Å². The first kappa shape index (κ1) is 19.5. The van der Waals surface area contributed by atoms with Crippen molar-refractivity contribution in [3.63, 3.8) is 0 Å². The lowest BCUT2D eigenvalue weighted by molar-refractivity contribution is -0.137. The minimum absolute atomic E-state index is 0.0901. The van der Waals surface area contributed by atoms with Gasteiger partial charge in [-0.05, 0) is 44.5 Å². The van der Waals surface area contributed by atoms with E-state index in [9.17, 15) is 9.59 Å². The Morgan fingerprint density at radius 1 is 1.04 bits per heavy atom. The molecule has 0 fully saturated rings. The Kier molecular flexibility index (Phi) is 6.39. The number of hydrogen-bond acceptors (Lipinski definition) is 3. The molecule has 0 saturated carbocycles. The number of carbonyl (C=O) groups excluding carboxylic acids is 1. The molecule has 0 heterocycles. The molecule has 1 amide bonds. The second-order valence-electron chi connectivity index (χ2n) is 7.07. The molecule has 0 unspecified atom stereocenters. The number of carbonyl (C=O) groups is 2. The summed E-state index contributed by atoms with van der Waals surface area (Å²) in [5.41, 5.74) is 1.05. The van der Waals surface area contributed by atoms with Gasteiger partial charge in [-0.15, -0.1) is 0 Å². The van der Waals surface area contributed by atoms with Crippen molar-refractivity contribution in [1.82, 2.24) is 4.90 Å². The fraction of sp³-hybridized carbons (Fsp3) is 0.333. The number of rotatable bonds is 7. The van der Waals surface area contributed by atoms with Crippen molar-refractivity contribution in [2.45, 2.75) is 39.3 Å². The van der Waals surface area contributed by atoms with E-state index in [2.05, 4.69) is 0 Å². The molecule has 2 aromatic carbocycles. The summed E-state index contributed by atoms with van der Waals surface area (Å²) >= 11 is 0. The van der Waals surface area contributed by atoms with Crippen molar-refractivity contribution in [3.05, 3.63) is 65.7 Å². The maximum absolute atomic E-state index is 12.9. The van der Waals surface area contributed by atoms with Crippen molar-refractivity contribution in [2.75, 3.05) is 6.54 Å². The molecule has 0 aromatic heterocycles. The average molecular weight is 355 g/mol. The summed E-state index contributed by atoms with van der Waals surface area (Å²) < 4.78 is 5.78. The summed E-state index contributed by atoms with van der Waals surface area (Å²) in [5, 5.41) is 8.94. The molecule has 0 radical (unpaired) electrons. The van der Waals surface area contributed by atoms with E-state index in [1.807, 2.05) is 51.1 Å². The molecular formula is C21H25NO4. The van der Waals surface area contributed by atoms with Crippen LogP contribution in [0, 0.1) is 0 Å². The molecule has 0 aliphatic rings. The molecule has 0 bridgehead atoms. The summed E-state index contributed by atoms with van der Waals surface area (Å²) in [6.45, 7) is 6.25. The van der Waals surface area contributed by atoms with Gasteiger partial charge in [-0.3, -0.25) is 9.59 Å². The molecule has 2 aromatic rings. The highest BCUT2D eigenvalue weighted by Gasteiger charge is 2.27. The first-order valence-corrected chi connectivity index (χ1v) is 8.58. The SMILES string of the molecule is CC(C)(C)N(CCC(=O)O)C(=O)c1cccc(OCc2ccccc2)c1. The lowest BCUT2D eigenvalue weighted by Crippen LogP contribution is -2.46. The van der Waals surface area contributed by atoms with Gasteiger partial charge in [0.2, 0.25) is 0 Å². The van der Waals surface area contributed by atoms with Crippen LogP contribution in [0.25, 0.3) is 0 Å². The number of amides is 1. The van der Waals surface area contributed by atoms with Crippen LogP contribution in [0.5, 0.6) is 5.75 Å². The van der Waals surface area contributed by atoms with Crippen molar-refractivity contribution in [2.24, 2.45) is 0 Å². The lowest BCUT2D eigenvalue weighted by Gasteiger charge is -2.35. The monoisotopic (exact) mass is 355 g/mol. The van der Waals surface area contributed by atoms with E-state index in [0.717, 1.165) is 5.56 Å².